The predicted octanol–water partition coefficient (Wildman–Crippen LogP) is 2.61. The molecule has 0 aromatic heterocycles. The Balaban J connectivity index is 1.64. The second-order valence-corrected chi connectivity index (χ2v) is 6.00. The van der Waals surface area contributed by atoms with Gasteiger partial charge >= 0.3 is 0 Å². The number of nitrogen functional groups attached to an aromatic ring is 1. The summed E-state index contributed by atoms with van der Waals surface area (Å²) in [4.78, 5) is 4.84. The standard InChI is InChI=1S/C19H25N3O2/c1-23-18-4-3-5-19(24-2)17(18)14-21-10-12-22(13-11-21)16-8-6-15(20)7-9-16/h3-9H,10-14,20H2,1-2H3. The summed E-state index contributed by atoms with van der Waals surface area (Å²) >= 11 is 0. The van der Waals surface area contributed by atoms with Crippen LogP contribution in [0.5, 0.6) is 11.5 Å². The summed E-state index contributed by atoms with van der Waals surface area (Å²) in [7, 11) is 3.41. The van der Waals surface area contributed by atoms with Crippen LogP contribution in [0.1, 0.15) is 5.56 Å². The van der Waals surface area contributed by atoms with E-state index in [1.165, 1.54) is 5.69 Å². The van der Waals surface area contributed by atoms with E-state index in [4.69, 9.17) is 15.2 Å². The van der Waals surface area contributed by atoms with Gasteiger partial charge in [0, 0.05) is 44.1 Å². The number of piperazine rings is 1. The number of benzene rings is 2. The van der Waals surface area contributed by atoms with E-state index in [1.807, 2.05) is 30.3 Å². The van der Waals surface area contributed by atoms with E-state index in [9.17, 15) is 0 Å². The molecule has 0 amide bonds. The third-order valence-corrected chi connectivity index (χ3v) is 4.54. The van der Waals surface area contributed by atoms with Gasteiger partial charge in [0.1, 0.15) is 11.5 Å². The molecule has 2 aromatic rings. The molecule has 0 bridgehead atoms. The zero-order chi connectivity index (χ0) is 16.9. The Kier molecular flexibility index (Phi) is 5.11. The van der Waals surface area contributed by atoms with Crippen LogP contribution in [0, 0.1) is 0 Å². The molecule has 2 aromatic carbocycles. The van der Waals surface area contributed by atoms with Gasteiger partial charge in [-0.05, 0) is 36.4 Å². The Morgan fingerprint density at radius 3 is 2.00 bits per heavy atom. The van der Waals surface area contributed by atoms with Crippen LogP contribution in [-0.2, 0) is 6.54 Å². The summed E-state index contributed by atoms with van der Waals surface area (Å²) < 4.78 is 11.0. The number of nitrogens with two attached hydrogens (primary N) is 1. The Hall–Kier alpha value is -2.40. The molecule has 0 spiro atoms. The van der Waals surface area contributed by atoms with Gasteiger partial charge in [0.25, 0.3) is 0 Å². The molecule has 5 heteroatoms. The van der Waals surface area contributed by atoms with Crippen molar-refractivity contribution in [1.82, 2.24) is 4.90 Å². The van der Waals surface area contributed by atoms with E-state index < -0.39 is 0 Å². The van der Waals surface area contributed by atoms with Gasteiger partial charge in [0.15, 0.2) is 0 Å². The molecule has 1 heterocycles. The molecule has 24 heavy (non-hydrogen) atoms. The number of methoxy groups -OCH3 is 2. The lowest BCUT2D eigenvalue weighted by molar-refractivity contribution is 0.242. The maximum absolute atomic E-state index is 5.77. The molecule has 1 saturated heterocycles. The maximum atomic E-state index is 5.77. The van der Waals surface area contributed by atoms with Crippen molar-refractivity contribution in [1.29, 1.82) is 0 Å². The van der Waals surface area contributed by atoms with Crippen LogP contribution in [0.4, 0.5) is 11.4 Å². The largest absolute Gasteiger partial charge is 0.496 e. The zero-order valence-electron chi connectivity index (χ0n) is 14.4. The molecule has 0 unspecified atom stereocenters. The van der Waals surface area contributed by atoms with Crippen molar-refractivity contribution < 1.29 is 9.47 Å². The second kappa shape index (κ2) is 7.45. The summed E-state index contributed by atoms with van der Waals surface area (Å²) in [6.07, 6.45) is 0. The smallest absolute Gasteiger partial charge is 0.127 e. The molecule has 0 aliphatic carbocycles. The van der Waals surface area contributed by atoms with Crippen LogP contribution < -0.4 is 20.1 Å². The van der Waals surface area contributed by atoms with Gasteiger partial charge < -0.3 is 20.1 Å². The van der Waals surface area contributed by atoms with Crippen LogP contribution in [0.25, 0.3) is 0 Å². The molecule has 0 saturated carbocycles. The Bertz CT molecular complexity index is 643. The van der Waals surface area contributed by atoms with Crippen LogP contribution in [0.15, 0.2) is 42.5 Å². The molecule has 1 aliphatic heterocycles. The van der Waals surface area contributed by atoms with Crippen molar-refractivity contribution in [3.8, 4) is 11.5 Å². The topological polar surface area (TPSA) is 51.0 Å². The molecular weight excluding hydrogens is 302 g/mol. The molecule has 1 aliphatic rings. The molecule has 3 rings (SSSR count). The fourth-order valence-electron chi connectivity index (χ4n) is 3.16. The van der Waals surface area contributed by atoms with Crippen LogP contribution in [-0.4, -0.2) is 45.3 Å². The lowest BCUT2D eigenvalue weighted by Crippen LogP contribution is -2.46. The van der Waals surface area contributed by atoms with Crippen molar-refractivity contribution in [2.45, 2.75) is 6.54 Å². The maximum Gasteiger partial charge on any atom is 0.127 e. The lowest BCUT2D eigenvalue weighted by atomic mass is 10.1. The molecule has 0 radical (unpaired) electrons. The average molecular weight is 327 g/mol. The lowest BCUT2D eigenvalue weighted by Gasteiger charge is -2.36. The highest BCUT2D eigenvalue weighted by molar-refractivity contribution is 5.53. The molecule has 128 valence electrons. The molecule has 2 N–H and O–H groups in total. The number of ether oxygens (including phenoxy) is 2. The highest BCUT2D eigenvalue weighted by atomic mass is 16.5. The van der Waals surface area contributed by atoms with Gasteiger partial charge in [-0.15, -0.1) is 0 Å². The van der Waals surface area contributed by atoms with E-state index >= 15 is 0 Å². The number of hydrogen-bond donors (Lipinski definition) is 1. The molecule has 1 fully saturated rings. The van der Waals surface area contributed by atoms with E-state index in [2.05, 4.69) is 21.9 Å². The Labute approximate surface area is 143 Å². The first-order chi connectivity index (χ1) is 11.7. The monoisotopic (exact) mass is 327 g/mol. The minimum atomic E-state index is 0.806. The van der Waals surface area contributed by atoms with Crippen LogP contribution >= 0.6 is 0 Å². The first-order valence-electron chi connectivity index (χ1n) is 8.24. The second-order valence-electron chi connectivity index (χ2n) is 6.00. The van der Waals surface area contributed by atoms with Gasteiger partial charge in [-0.25, -0.2) is 0 Å². The number of rotatable bonds is 5. The fraction of sp³-hybridized carbons (Fsp3) is 0.368. The van der Waals surface area contributed by atoms with E-state index in [-0.39, 0.29) is 0 Å². The third-order valence-electron chi connectivity index (χ3n) is 4.54. The molecular formula is C19H25N3O2. The van der Waals surface area contributed by atoms with Crippen LogP contribution in [0.3, 0.4) is 0 Å². The number of anilines is 2. The zero-order valence-corrected chi connectivity index (χ0v) is 14.4. The van der Waals surface area contributed by atoms with E-state index in [1.54, 1.807) is 14.2 Å². The summed E-state index contributed by atoms with van der Waals surface area (Å²) in [5.41, 5.74) is 8.92. The average Bonchev–Trinajstić information content (AvgIpc) is 2.63. The molecule has 5 nitrogen and oxygen atoms in total. The quantitative estimate of drug-likeness (QED) is 0.856. The highest BCUT2D eigenvalue weighted by Crippen LogP contribution is 2.30. The number of hydrogen-bond acceptors (Lipinski definition) is 5. The van der Waals surface area contributed by atoms with Gasteiger partial charge in [0.05, 0.1) is 19.8 Å². The summed E-state index contributed by atoms with van der Waals surface area (Å²) in [6, 6.07) is 14.0. The first-order valence-corrected chi connectivity index (χ1v) is 8.24. The first kappa shape index (κ1) is 16.5. The minimum Gasteiger partial charge on any atom is -0.496 e. The van der Waals surface area contributed by atoms with Gasteiger partial charge in [-0.3, -0.25) is 4.90 Å². The van der Waals surface area contributed by atoms with Gasteiger partial charge in [-0.2, -0.15) is 0 Å². The van der Waals surface area contributed by atoms with E-state index in [0.29, 0.717) is 0 Å². The SMILES string of the molecule is COc1cccc(OC)c1CN1CCN(c2ccc(N)cc2)CC1. The fourth-order valence-corrected chi connectivity index (χ4v) is 3.16. The van der Waals surface area contributed by atoms with Crippen molar-refractivity contribution in [2.24, 2.45) is 0 Å². The minimum absolute atomic E-state index is 0.806. The summed E-state index contributed by atoms with van der Waals surface area (Å²) in [5.74, 6) is 1.77. The van der Waals surface area contributed by atoms with Crippen LogP contribution in [0.2, 0.25) is 0 Å². The summed E-state index contributed by atoms with van der Waals surface area (Å²) in [6.45, 7) is 4.85. The normalized spacial score (nSPS) is 15.3. The third kappa shape index (κ3) is 3.57. The van der Waals surface area contributed by atoms with E-state index in [0.717, 1.165) is 55.5 Å². The predicted molar refractivity (Wildman–Crippen MR) is 97.9 cm³/mol. The number of nitrogens with zero attached hydrogens (tertiary/aromatic N) is 2. The highest BCUT2D eigenvalue weighted by Gasteiger charge is 2.20. The Morgan fingerprint density at radius 2 is 1.46 bits per heavy atom. The Morgan fingerprint density at radius 1 is 0.875 bits per heavy atom. The van der Waals surface area contributed by atoms with Crippen molar-refractivity contribution in [3.63, 3.8) is 0 Å². The van der Waals surface area contributed by atoms with Gasteiger partial charge in [0.2, 0.25) is 0 Å². The molecule has 0 atom stereocenters. The van der Waals surface area contributed by atoms with Crippen molar-refractivity contribution in [2.75, 3.05) is 51.0 Å². The van der Waals surface area contributed by atoms with Crippen molar-refractivity contribution in [3.05, 3.63) is 48.0 Å². The summed E-state index contributed by atoms with van der Waals surface area (Å²) in [5, 5.41) is 0. The van der Waals surface area contributed by atoms with Gasteiger partial charge in [-0.1, -0.05) is 6.07 Å². The van der Waals surface area contributed by atoms with Crippen molar-refractivity contribution >= 4 is 11.4 Å².